The van der Waals surface area contributed by atoms with Gasteiger partial charge in [0.15, 0.2) is 0 Å². The van der Waals surface area contributed by atoms with Crippen LogP contribution in [0.5, 0.6) is 0 Å². The number of benzene rings is 1. The molecule has 2 aliphatic heterocycles. The minimum atomic E-state index is 0.00465. The molecule has 154 valence electrons. The summed E-state index contributed by atoms with van der Waals surface area (Å²) in [4.78, 5) is 29.4. The quantitative estimate of drug-likeness (QED) is 0.847. The third-order valence-electron chi connectivity index (χ3n) is 6.38. The van der Waals surface area contributed by atoms with E-state index in [-0.39, 0.29) is 17.9 Å². The Kier molecular flexibility index (Phi) is 7.11. The number of likely N-dealkylation sites (tertiary alicyclic amines) is 2. The van der Waals surface area contributed by atoms with Gasteiger partial charge in [-0.3, -0.25) is 14.5 Å². The summed E-state index contributed by atoms with van der Waals surface area (Å²) in [5.74, 6) is 0.547. The second-order valence-electron chi connectivity index (χ2n) is 8.57. The molecule has 0 aromatic heterocycles. The van der Waals surface area contributed by atoms with Crippen LogP contribution in [0.15, 0.2) is 18.2 Å². The molecule has 0 bridgehead atoms. The summed E-state index contributed by atoms with van der Waals surface area (Å²) in [6.07, 6.45) is 5.27. The molecule has 3 rings (SSSR count). The van der Waals surface area contributed by atoms with Gasteiger partial charge in [0.25, 0.3) is 0 Å². The van der Waals surface area contributed by atoms with Gasteiger partial charge in [-0.1, -0.05) is 18.2 Å². The molecule has 0 aliphatic carbocycles. The molecule has 2 aliphatic rings. The number of amides is 2. The molecular weight excluding hydrogens is 350 g/mol. The Morgan fingerprint density at radius 1 is 1.04 bits per heavy atom. The first kappa shape index (κ1) is 20.8. The van der Waals surface area contributed by atoms with Crippen LogP contribution in [0.1, 0.15) is 61.8 Å². The van der Waals surface area contributed by atoms with Crippen molar-refractivity contribution >= 4 is 11.8 Å². The monoisotopic (exact) mass is 385 g/mol. The van der Waals surface area contributed by atoms with Crippen molar-refractivity contribution in [3.63, 3.8) is 0 Å². The van der Waals surface area contributed by atoms with Crippen LogP contribution >= 0.6 is 0 Å². The average Bonchev–Trinajstić information content (AvgIpc) is 2.70. The summed E-state index contributed by atoms with van der Waals surface area (Å²) in [5.41, 5.74) is 3.66. The Hall–Kier alpha value is -1.88. The molecule has 1 atom stereocenters. The number of aryl methyl sites for hydroxylation is 2. The number of hydrogen-bond donors (Lipinski definition) is 1. The van der Waals surface area contributed by atoms with E-state index < -0.39 is 0 Å². The van der Waals surface area contributed by atoms with Crippen molar-refractivity contribution in [3.05, 3.63) is 34.9 Å². The number of carbonyl (C=O) groups is 2. The van der Waals surface area contributed by atoms with Gasteiger partial charge in [0, 0.05) is 19.0 Å². The highest BCUT2D eigenvalue weighted by molar-refractivity contribution is 5.80. The van der Waals surface area contributed by atoms with Gasteiger partial charge in [0.05, 0.1) is 12.6 Å². The van der Waals surface area contributed by atoms with Crippen molar-refractivity contribution in [3.8, 4) is 0 Å². The van der Waals surface area contributed by atoms with E-state index in [1.165, 1.54) is 17.5 Å². The maximum absolute atomic E-state index is 12.7. The lowest BCUT2D eigenvalue weighted by molar-refractivity contribution is -0.138. The molecular formula is C23H35N3O2. The predicted octanol–water partition coefficient (Wildman–Crippen LogP) is 3.21. The maximum Gasteiger partial charge on any atom is 0.234 e. The molecule has 2 saturated heterocycles. The lowest BCUT2D eigenvalue weighted by Crippen LogP contribution is -2.46. The summed E-state index contributed by atoms with van der Waals surface area (Å²) in [5, 5.41) is 3.12. The van der Waals surface area contributed by atoms with Crippen LogP contribution in [0.25, 0.3) is 0 Å². The number of carbonyl (C=O) groups excluding carboxylic acids is 2. The van der Waals surface area contributed by atoms with E-state index >= 15 is 0 Å². The van der Waals surface area contributed by atoms with Gasteiger partial charge in [-0.05, 0) is 82.7 Å². The zero-order chi connectivity index (χ0) is 20.1. The number of hydrogen-bond acceptors (Lipinski definition) is 3. The number of nitrogens with one attached hydrogen (secondary N) is 1. The number of piperidine rings is 2. The Morgan fingerprint density at radius 3 is 2.36 bits per heavy atom. The van der Waals surface area contributed by atoms with Crippen molar-refractivity contribution in [2.45, 2.75) is 58.9 Å². The van der Waals surface area contributed by atoms with E-state index in [0.717, 1.165) is 57.4 Å². The molecule has 2 heterocycles. The van der Waals surface area contributed by atoms with Crippen LogP contribution in [-0.2, 0) is 9.59 Å². The van der Waals surface area contributed by atoms with Crippen molar-refractivity contribution in [1.29, 1.82) is 0 Å². The first-order valence-corrected chi connectivity index (χ1v) is 10.8. The van der Waals surface area contributed by atoms with Gasteiger partial charge < -0.3 is 10.2 Å². The maximum atomic E-state index is 12.7. The summed E-state index contributed by atoms with van der Waals surface area (Å²) < 4.78 is 0. The third kappa shape index (κ3) is 5.34. The molecule has 0 radical (unpaired) electrons. The number of nitrogens with zero attached hydrogens (tertiary/aromatic N) is 2. The first-order valence-electron chi connectivity index (χ1n) is 10.8. The normalized spacial score (nSPS) is 20.0. The molecule has 1 aromatic carbocycles. The highest BCUT2D eigenvalue weighted by Gasteiger charge is 2.29. The second kappa shape index (κ2) is 9.55. The zero-order valence-corrected chi connectivity index (χ0v) is 17.7. The van der Waals surface area contributed by atoms with Crippen LogP contribution in [0, 0.1) is 19.8 Å². The van der Waals surface area contributed by atoms with Crippen LogP contribution < -0.4 is 5.32 Å². The minimum absolute atomic E-state index is 0.00465. The van der Waals surface area contributed by atoms with Crippen molar-refractivity contribution in [2.24, 2.45) is 5.92 Å². The van der Waals surface area contributed by atoms with Crippen LogP contribution in [0.4, 0.5) is 0 Å². The Bertz CT molecular complexity index is 689. The molecule has 2 amide bonds. The first-order chi connectivity index (χ1) is 13.4. The molecule has 0 saturated carbocycles. The van der Waals surface area contributed by atoms with Gasteiger partial charge in [-0.15, -0.1) is 0 Å². The molecule has 1 N–H and O–H groups in total. The van der Waals surface area contributed by atoms with Gasteiger partial charge in [-0.25, -0.2) is 0 Å². The van der Waals surface area contributed by atoms with Crippen LogP contribution in [-0.4, -0.2) is 54.3 Å². The van der Waals surface area contributed by atoms with E-state index in [2.05, 4.69) is 47.2 Å². The molecule has 1 unspecified atom stereocenters. The van der Waals surface area contributed by atoms with E-state index in [9.17, 15) is 9.59 Å². The number of rotatable bonds is 5. The standard InChI is InChI=1S/C23H35N3O2/c1-17-7-8-21(15-18(17)2)19(3)24-22(27)16-25-13-9-20(10-14-25)23(28)26-11-5-4-6-12-26/h7-8,15,19-20H,4-6,9-14,16H2,1-3H3,(H,24,27). The van der Waals surface area contributed by atoms with Gasteiger partial charge in [0.1, 0.15) is 0 Å². The van der Waals surface area contributed by atoms with Crippen LogP contribution in [0.2, 0.25) is 0 Å². The third-order valence-corrected chi connectivity index (χ3v) is 6.38. The Morgan fingerprint density at radius 2 is 1.71 bits per heavy atom. The SMILES string of the molecule is Cc1ccc(C(C)NC(=O)CN2CCC(C(=O)N3CCCCC3)CC2)cc1C. The second-order valence-corrected chi connectivity index (χ2v) is 8.57. The van der Waals surface area contributed by atoms with Gasteiger partial charge in [0.2, 0.25) is 11.8 Å². The van der Waals surface area contributed by atoms with Crippen molar-refractivity contribution in [1.82, 2.24) is 15.1 Å². The lowest BCUT2D eigenvalue weighted by Gasteiger charge is -2.35. The van der Waals surface area contributed by atoms with E-state index in [4.69, 9.17) is 0 Å². The highest BCUT2D eigenvalue weighted by atomic mass is 16.2. The van der Waals surface area contributed by atoms with Crippen LogP contribution in [0.3, 0.4) is 0 Å². The van der Waals surface area contributed by atoms with Crippen molar-refractivity contribution < 1.29 is 9.59 Å². The minimum Gasteiger partial charge on any atom is -0.348 e. The average molecular weight is 386 g/mol. The Balaban J connectivity index is 1.43. The fourth-order valence-electron chi connectivity index (χ4n) is 4.32. The summed E-state index contributed by atoms with van der Waals surface area (Å²) in [6, 6.07) is 6.35. The molecule has 28 heavy (non-hydrogen) atoms. The fourth-order valence-corrected chi connectivity index (χ4v) is 4.32. The topological polar surface area (TPSA) is 52.7 Å². The molecule has 5 nitrogen and oxygen atoms in total. The summed E-state index contributed by atoms with van der Waals surface area (Å²) >= 11 is 0. The lowest BCUT2D eigenvalue weighted by atomic mass is 9.94. The fraction of sp³-hybridized carbons (Fsp3) is 0.652. The molecule has 0 spiro atoms. The van der Waals surface area contributed by atoms with E-state index in [0.29, 0.717) is 12.5 Å². The van der Waals surface area contributed by atoms with E-state index in [1.807, 2.05) is 6.92 Å². The summed E-state index contributed by atoms with van der Waals surface area (Å²) in [6.45, 7) is 10.2. The Labute approximate surface area is 169 Å². The van der Waals surface area contributed by atoms with Gasteiger partial charge in [-0.2, -0.15) is 0 Å². The van der Waals surface area contributed by atoms with Gasteiger partial charge >= 0.3 is 0 Å². The van der Waals surface area contributed by atoms with E-state index in [1.54, 1.807) is 0 Å². The predicted molar refractivity (Wildman–Crippen MR) is 112 cm³/mol. The smallest absolute Gasteiger partial charge is 0.234 e. The van der Waals surface area contributed by atoms with Crippen molar-refractivity contribution in [2.75, 3.05) is 32.7 Å². The highest BCUT2D eigenvalue weighted by Crippen LogP contribution is 2.22. The molecule has 1 aromatic rings. The zero-order valence-electron chi connectivity index (χ0n) is 17.7. The summed E-state index contributed by atoms with van der Waals surface area (Å²) in [7, 11) is 0. The molecule has 5 heteroatoms. The molecule has 2 fully saturated rings. The largest absolute Gasteiger partial charge is 0.348 e.